The molecule has 3 N–H and O–H groups in total. The van der Waals surface area contributed by atoms with E-state index in [1.807, 2.05) is 4.83 Å². The Bertz CT molecular complexity index is 674. The number of hydrogen-bond donors (Lipinski definition) is 3. The molecule has 0 aliphatic carbocycles. The van der Waals surface area contributed by atoms with Crippen LogP contribution in [-0.4, -0.2) is 26.5 Å². The lowest BCUT2D eigenvalue weighted by atomic mass is 10.1. The van der Waals surface area contributed by atoms with Crippen LogP contribution in [0, 0.1) is 0 Å². The van der Waals surface area contributed by atoms with Crippen molar-refractivity contribution in [2.45, 2.75) is 51.9 Å². The first-order valence-electron chi connectivity index (χ1n) is 8.49. The van der Waals surface area contributed by atoms with E-state index in [-0.39, 0.29) is 11.5 Å². The largest absolute Gasteiger partial charge is 0.325 e. The number of para-hydroxylation sites is 1. The fourth-order valence-corrected chi connectivity index (χ4v) is 2.55. The summed E-state index contributed by atoms with van der Waals surface area (Å²) in [5.74, 6) is -0.798. The highest BCUT2D eigenvalue weighted by Gasteiger charge is 2.14. The number of nitrogens with one attached hydrogen (secondary N) is 3. The Morgan fingerprint density at radius 1 is 1.00 bits per heavy atom. The van der Waals surface area contributed by atoms with Gasteiger partial charge in [0, 0.05) is 6.42 Å². The van der Waals surface area contributed by atoms with E-state index in [4.69, 9.17) is 0 Å². The molecule has 0 aliphatic rings. The molecular formula is C17H27N3O4S. The SMILES string of the molecule is CCCCCCCCC(=O)Nc1ccccc1C(=O)NNS(C)(=O)=O. The fourth-order valence-electron chi connectivity index (χ4n) is 2.28. The maximum Gasteiger partial charge on any atom is 0.268 e. The summed E-state index contributed by atoms with van der Waals surface area (Å²) in [6.07, 6.45) is 7.86. The zero-order valence-electron chi connectivity index (χ0n) is 14.8. The van der Waals surface area contributed by atoms with Crippen LogP contribution in [0.5, 0.6) is 0 Å². The van der Waals surface area contributed by atoms with Crippen LogP contribution in [0.4, 0.5) is 5.69 Å². The quantitative estimate of drug-likeness (QED) is 0.412. The third kappa shape index (κ3) is 9.21. The number of benzene rings is 1. The molecule has 0 saturated heterocycles. The molecule has 25 heavy (non-hydrogen) atoms. The summed E-state index contributed by atoms with van der Waals surface area (Å²) in [5, 5.41) is 2.71. The Balaban J connectivity index is 2.53. The van der Waals surface area contributed by atoms with E-state index < -0.39 is 15.9 Å². The summed E-state index contributed by atoms with van der Waals surface area (Å²) < 4.78 is 22.1. The Kier molecular flexibility index (Phi) is 9.15. The maximum absolute atomic E-state index is 12.1. The number of unbranched alkanes of at least 4 members (excludes halogenated alkanes) is 5. The molecule has 0 unspecified atom stereocenters. The van der Waals surface area contributed by atoms with Gasteiger partial charge >= 0.3 is 0 Å². The second-order valence-electron chi connectivity index (χ2n) is 5.94. The van der Waals surface area contributed by atoms with Crippen LogP contribution in [0.2, 0.25) is 0 Å². The first kappa shape index (κ1) is 21.1. The van der Waals surface area contributed by atoms with Gasteiger partial charge in [-0.05, 0) is 18.6 Å². The first-order valence-corrected chi connectivity index (χ1v) is 10.4. The average molecular weight is 369 g/mol. The number of amides is 2. The molecule has 0 radical (unpaired) electrons. The van der Waals surface area contributed by atoms with Crippen LogP contribution in [-0.2, 0) is 14.8 Å². The van der Waals surface area contributed by atoms with Crippen LogP contribution in [0.1, 0.15) is 62.2 Å². The summed E-state index contributed by atoms with van der Waals surface area (Å²) in [6.45, 7) is 2.16. The van der Waals surface area contributed by atoms with E-state index in [1.165, 1.54) is 25.3 Å². The molecular weight excluding hydrogens is 342 g/mol. The average Bonchev–Trinajstić information content (AvgIpc) is 2.55. The van der Waals surface area contributed by atoms with Gasteiger partial charge in [-0.3, -0.25) is 15.0 Å². The third-order valence-corrected chi connectivity index (χ3v) is 4.03. The van der Waals surface area contributed by atoms with Crippen molar-refractivity contribution in [1.29, 1.82) is 0 Å². The second-order valence-corrected chi connectivity index (χ2v) is 7.69. The predicted molar refractivity (Wildman–Crippen MR) is 98.5 cm³/mol. The standard InChI is InChI=1S/C17H27N3O4S/c1-3-4-5-6-7-8-13-16(21)18-15-12-10-9-11-14(15)17(22)19-20-25(2,23)24/h9-12,20H,3-8,13H2,1-2H3,(H,18,21)(H,19,22). The van der Waals surface area contributed by atoms with Gasteiger partial charge in [0.05, 0.1) is 17.5 Å². The highest BCUT2D eigenvalue weighted by atomic mass is 32.2. The minimum absolute atomic E-state index is 0.160. The van der Waals surface area contributed by atoms with Gasteiger partial charge in [-0.2, -0.15) is 0 Å². The van der Waals surface area contributed by atoms with E-state index in [9.17, 15) is 18.0 Å². The van der Waals surface area contributed by atoms with Crippen molar-refractivity contribution in [2.75, 3.05) is 11.6 Å². The summed E-state index contributed by atoms with van der Waals surface area (Å²) in [6, 6.07) is 6.45. The number of rotatable bonds is 11. The Labute approximate surface area is 149 Å². The fraction of sp³-hybridized carbons (Fsp3) is 0.529. The number of hydrazine groups is 1. The molecule has 0 atom stereocenters. The lowest BCUT2D eigenvalue weighted by Crippen LogP contribution is -2.41. The van der Waals surface area contributed by atoms with Gasteiger partial charge in [0.25, 0.3) is 5.91 Å². The Morgan fingerprint density at radius 3 is 2.32 bits per heavy atom. The third-order valence-electron chi connectivity index (χ3n) is 3.55. The van der Waals surface area contributed by atoms with Crippen LogP contribution in [0.3, 0.4) is 0 Å². The number of hydrogen-bond acceptors (Lipinski definition) is 4. The van der Waals surface area contributed by atoms with E-state index in [0.717, 1.165) is 25.5 Å². The maximum atomic E-state index is 12.1. The summed E-state index contributed by atoms with van der Waals surface area (Å²) in [7, 11) is -3.55. The molecule has 1 rings (SSSR count). The van der Waals surface area contributed by atoms with Crippen molar-refractivity contribution in [3.63, 3.8) is 0 Å². The minimum Gasteiger partial charge on any atom is -0.325 e. The van der Waals surface area contributed by atoms with Gasteiger partial charge in [-0.1, -0.05) is 51.2 Å². The lowest BCUT2D eigenvalue weighted by molar-refractivity contribution is -0.116. The van der Waals surface area contributed by atoms with Crippen molar-refractivity contribution in [2.24, 2.45) is 0 Å². The van der Waals surface area contributed by atoms with Crippen LogP contribution < -0.4 is 15.6 Å². The highest BCUT2D eigenvalue weighted by Crippen LogP contribution is 2.16. The summed E-state index contributed by atoms with van der Waals surface area (Å²) in [5.41, 5.74) is 2.64. The van der Waals surface area contributed by atoms with E-state index in [2.05, 4.69) is 17.7 Å². The van der Waals surface area contributed by atoms with E-state index in [1.54, 1.807) is 18.2 Å². The number of carbonyl (C=O) groups excluding carboxylic acids is 2. The van der Waals surface area contributed by atoms with Crippen molar-refractivity contribution >= 4 is 27.5 Å². The Morgan fingerprint density at radius 2 is 1.64 bits per heavy atom. The molecule has 0 heterocycles. The van der Waals surface area contributed by atoms with Crippen molar-refractivity contribution in [1.82, 2.24) is 10.3 Å². The highest BCUT2D eigenvalue weighted by molar-refractivity contribution is 7.88. The van der Waals surface area contributed by atoms with E-state index >= 15 is 0 Å². The van der Waals surface area contributed by atoms with E-state index in [0.29, 0.717) is 12.1 Å². The number of sulfonamides is 1. The Hall–Kier alpha value is -1.93. The number of carbonyl (C=O) groups is 2. The smallest absolute Gasteiger partial charge is 0.268 e. The normalized spacial score (nSPS) is 11.1. The molecule has 2 amide bonds. The van der Waals surface area contributed by atoms with Crippen molar-refractivity contribution in [3.05, 3.63) is 29.8 Å². The molecule has 0 spiro atoms. The zero-order chi connectivity index (χ0) is 18.7. The van der Waals surface area contributed by atoms with Gasteiger partial charge in [0.1, 0.15) is 0 Å². The predicted octanol–water partition coefficient (Wildman–Crippen LogP) is 2.57. The van der Waals surface area contributed by atoms with Crippen molar-refractivity contribution < 1.29 is 18.0 Å². The molecule has 0 aliphatic heterocycles. The van der Waals surface area contributed by atoms with Gasteiger partial charge < -0.3 is 5.32 Å². The molecule has 0 bridgehead atoms. The lowest BCUT2D eigenvalue weighted by Gasteiger charge is -2.11. The molecule has 0 aromatic heterocycles. The van der Waals surface area contributed by atoms with Gasteiger partial charge in [-0.25, -0.2) is 8.42 Å². The van der Waals surface area contributed by atoms with Crippen LogP contribution >= 0.6 is 0 Å². The molecule has 0 saturated carbocycles. The molecule has 1 aromatic rings. The van der Waals surface area contributed by atoms with Crippen LogP contribution in [0.15, 0.2) is 24.3 Å². The molecule has 8 heteroatoms. The molecule has 1 aromatic carbocycles. The topological polar surface area (TPSA) is 104 Å². The minimum atomic E-state index is -3.55. The van der Waals surface area contributed by atoms with Crippen LogP contribution in [0.25, 0.3) is 0 Å². The molecule has 0 fully saturated rings. The van der Waals surface area contributed by atoms with Gasteiger partial charge in [0.15, 0.2) is 0 Å². The first-order chi connectivity index (χ1) is 11.8. The van der Waals surface area contributed by atoms with Gasteiger partial charge in [0.2, 0.25) is 15.9 Å². The van der Waals surface area contributed by atoms with Gasteiger partial charge in [-0.15, -0.1) is 4.83 Å². The molecule has 7 nitrogen and oxygen atoms in total. The summed E-state index contributed by atoms with van der Waals surface area (Å²) in [4.78, 5) is 26.0. The molecule has 140 valence electrons. The second kappa shape index (κ2) is 10.8. The van der Waals surface area contributed by atoms with Crippen molar-refractivity contribution in [3.8, 4) is 0 Å². The zero-order valence-corrected chi connectivity index (χ0v) is 15.6. The summed E-state index contributed by atoms with van der Waals surface area (Å²) >= 11 is 0. The number of anilines is 1. The monoisotopic (exact) mass is 369 g/mol.